The minimum absolute atomic E-state index is 0.0240. The zero-order valence-corrected chi connectivity index (χ0v) is 11.8. The maximum atomic E-state index is 11.0. The second-order valence-corrected chi connectivity index (χ2v) is 5.81. The highest BCUT2D eigenvalue weighted by Gasteiger charge is 2.36. The highest BCUT2D eigenvalue weighted by molar-refractivity contribution is 6.68. The molecule has 9 heteroatoms. The van der Waals surface area contributed by atoms with Crippen LogP contribution in [0.2, 0.25) is 0 Å². The Morgan fingerprint density at radius 2 is 2.11 bits per heavy atom. The van der Waals surface area contributed by atoms with Gasteiger partial charge in [-0.1, -0.05) is 34.8 Å². The Labute approximate surface area is 119 Å². The molecular weight excluding hydrogens is 302 g/mol. The van der Waals surface area contributed by atoms with Crippen LogP contribution >= 0.6 is 34.8 Å². The van der Waals surface area contributed by atoms with E-state index in [1.54, 1.807) is 6.92 Å². The van der Waals surface area contributed by atoms with E-state index in [-0.39, 0.29) is 11.8 Å². The summed E-state index contributed by atoms with van der Waals surface area (Å²) in [6.45, 7) is 2.97. The van der Waals surface area contributed by atoms with Crippen LogP contribution in [0.3, 0.4) is 0 Å². The van der Waals surface area contributed by atoms with Gasteiger partial charge in [0.05, 0.1) is 0 Å². The van der Waals surface area contributed by atoms with Gasteiger partial charge in [0.1, 0.15) is 0 Å². The Bertz CT molecular complexity index is 430. The van der Waals surface area contributed by atoms with E-state index in [0.717, 1.165) is 0 Å². The number of nitrogens with two attached hydrogens (primary N) is 1. The van der Waals surface area contributed by atoms with Gasteiger partial charge in [-0.3, -0.25) is 4.79 Å². The van der Waals surface area contributed by atoms with E-state index in [0.29, 0.717) is 5.69 Å². The summed E-state index contributed by atoms with van der Waals surface area (Å²) in [5.74, 6) is -0.286. The van der Waals surface area contributed by atoms with Crippen molar-refractivity contribution < 1.29 is 9.53 Å². The van der Waals surface area contributed by atoms with Crippen molar-refractivity contribution in [3.05, 3.63) is 11.8 Å². The number of alkyl halides is 3. The lowest BCUT2D eigenvalue weighted by Gasteiger charge is -2.25. The van der Waals surface area contributed by atoms with Crippen LogP contribution in [0.1, 0.15) is 12.6 Å². The molecule has 0 aliphatic rings. The second-order valence-electron chi connectivity index (χ2n) is 3.45. The van der Waals surface area contributed by atoms with Crippen LogP contribution < -0.4 is 15.8 Å². The molecule has 1 aromatic heterocycles. The zero-order valence-electron chi connectivity index (χ0n) is 9.58. The van der Waals surface area contributed by atoms with Gasteiger partial charge < -0.3 is 15.8 Å². The van der Waals surface area contributed by atoms with Gasteiger partial charge in [-0.05, 0) is 6.92 Å². The van der Waals surface area contributed by atoms with Crippen LogP contribution in [0.5, 0.6) is 5.88 Å². The first-order valence-electron chi connectivity index (χ1n) is 4.80. The summed E-state index contributed by atoms with van der Waals surface area (Å²) >= 11 is 17.1. The molecule has 0 bridgehead atoms. The zero-order chi connectivity index (χ0) is 13.9. The van der Waals surface area contributed by atoms with Gasteiger partial charge in [0.15, 0.2) is 0 Å². The van der Waals surface area contributed by atoms with Crippen molar-refractivity contribution >= 4 is 46.7 Å². The van der Waals surface area contributed by atoms with Crippen molar-refractivity contribution in [1.29, 1.82) is 0 Å². The lowest BCUT2D eigenvalue weighted by atomic mass is 10.4. The van der Waals surface area contributed by atoms with E-state index in [2.05, 4.69) is 15.3 Å². The molecule has 3 N–H and O–H groups in total. The molecule has 1 aromatic rings. The predicted octanol–water partition coefficient (Wildman–Crippen LogP) is 1.58. The quantitative estimate of drug-likeness (QED) is 0.653. The van der Waals surface area contributed by atoms with E-state index in [9.17, 15) is 4.79 Å². The second kappa shape index (κ2) is 5.77. The van der Waals surface area contributed by atoms with Gasteiger partial charge in [0.25, 0.3) is 0 Å². The first-order chi connectivity index (χ1) is 8.18. The predicted molar refractivity (Wildman–Crippen MR) is 69.7 cm³/mol. The van der Waals surface area contributed by atoms with E-state index in [1.165, 1.54) is 13.0 Å². The molecule has 1 unspecified atom stereocenters. The van der Waals surface area contributed by atoms with E-state index in [1.807, 2.05) is 0 Å². The number of ether oxygens (including phenoxy) is 1. The number of hydrogen-bond donors (Lipinski definition) is 2. The fourth-order valence-electron chi connectivity index (χ4n) is 1.11. The van der Waals surface area contributed by atoms with E-state index < -0.39 is 15.9 Å². The summed E-state index contributed by atoms with van der Waals surface area (Å²) < 4.78 is 3.44. The molecule has 18 heavy (non-hydrogen) atoms. The highest BCUT2D eigenvalue weighted by Crippen LogP contribution is 2.31. The SMILES string of the molecule is CC(=O)NC(Oc1cc(C)nc(N)n1)C(Cl)(Cl)Cl. The number of nitrogens with one attached hydrogen (secondary N) is 1. The molecular formula is C9H11Cl3N4O2. The molecule has 0 saturated heterocycles. The first kappa shape index (κ1) is 15.1. The lowest BCUT2D eigenvalue weighted by Crippen LogP contribution is -2.47. The molecule has 0 spiro atoms. The summed E-state index contributed by atoms with van der Waals surface area (Å²) in [4.78, 5) is 18.7. The maximum absolute atomic E-state index is 11.0. The molecule has 1 rings (SSSR count). The molecule has 0 radical (unpaired) electrons. The van der Waals surface area contributed by atoms with Gasteiger partial charge in [-0.2, -0.15) is 4.98 Å². The normalized spacial score (nSPS) is 12.9. The van der Waals surface area contributed by atoms with Crippen molar-refractivity contribution in [3.63, 3.8) is 0 Å². The molecule has 100 valence electrons. The molecule has 0 aliphatic carbocycles. The Morgan fingerprint density at radius 3 is 2.56 bits per heavy atom. The minimum atomic E-state index is -1.85. The van der Waals surface area contributed by atoms with Crippen molar-refractivity contribution in [3.8, 4) is 5.88 Å². The number of carbonyl (C=O) groups is 1. The van der Waals surface area contributed by atoms with Gasteiger partial charge in [0, 0.05) is 18.7 Å². The molecule has 0 fully saturated rings. The van der Waals surface area contributed by atoms with Crippen LogP contribution in [0.4, 0.5) is 5.95 Å². The van der Waals surface area contributed by atoms with Gasteiger partial charge in [-0.25, -0.2) is 4.98 Å². The first-order valence-corrected chi connectivity index (χ1v) is 5.93. The van der Waals surface area contributed by atoms with Crippen LogP contribution in [-0.2, 0) is 4.79 Å². The number of amides is 1. The van der Waals surface area contributed by atoms with Gasteiger partial charge in [-0.15, -0.1) is 0 Å². The third kappa shape index (κ3) is 4.72. The molecule has 0 aliphatic heterocycles. The topological polar surface area (TPSA) is 90.1 Å². The van der Waals surface area contributed by atoms with E-state index >= 15 is 0 Å². The molecule has 0 aromatic carbocycles. The van der Waals surface area contributed by atoms with E-state index in [4.69, 9.17) is 45.3 Å². The van der Waals surface area contributed by atoms with Crippen LogP contribution in [-0.4, -0.2) is 25.9 Å². The molecule has 6 nitrogen and oxygen atoms in total. The van der Waals surface area contributed by atoms with Crippen molar-refractivity contribution in [1.82, 2.24) is 15.3 Å². The minimum Gasteiger partial charge on any atom is -0.449 e. The smallest absolute Gasteiger partial charge is 0.246 e. The number of nitrogen functional groups attached to an aromatic ring is 1. The third-order valence-corrected chi connectivity index (χ3v) is 2.31. The number of aromatic nitrogens is 2. The number of aryl methyl sites for hydroxylation is 1. The van der Waals surface area contributed by atoms with Crippen LogP contribution in [0, 0.1) is 6.92 Å². The molecule has 1 atom stereocenters. The van der Waals surface area contributed by atoms with Crippen molar-refractivity contribution in [2.45, 2.75) is 23.9 Å². The summed E-state index contributed by atoms with van der Waals surface area (Å²) in [6.07, 6.45) is -1.19. The average molecular weight is 314 g/mol. The van der Waals surface area contributed by atoms with Crippen molar-refractivity contribution in [2.24, 2.45) is 0 Å². The third-order valence-electron chi connectivity index (χ3n) is 1.72. The number of rotatable bonds is 3. The summed E-state index contributed by atoms with van der Waals surface area (Å²) in [6, 6.07) is 1.50. The average Bonchev–Trinajstić information content (AvgIpc) is 2.12. The number of hydrogen-bond acceptors (Lipinski definition) is 5. The summed E-state index contributed by atoms with van der Waals surface area (Å²) in [5, 5.41) is 2.35. The fraction of sp³-hybridized carbons (Fsp3) is 0.444. The van der Waals surface area contributed by atoms with Crippen molar-refractivity contribution in [2.75, 3.05) is 5.73 Å². The largest absolute Gasteiger partial charge is 0.449 e. The number of halogens is 3. The number of anilines is 1. The standard InChI is InChI=1S/C9H11Cl3N4O2/c1-4-3-6(16-8(13)14-4)18-7(9(10,11)12)15-5(2)17/h3,7H,1-2H3,(H,15,17)(H2,13,14,16). The number of nitrogens with zero attached hydrogens (tertiary/aromatic N) is 2. The Morgan fingerprint density at radius 1 is 1.50 bits per heavy atom. The fourth-order valence-corrected chi connectivity index (χ4v) is 1.40. The maximum Gasteiger partial charge on any atom is 0.246 e. The van der Waals surface area contributed by atoms with Crippen LogP contribution in [0.15, 0.2) is 6.07 Å². The summed E-state index contributed by atoms with van der Waals surface area (Å²) in [5.41, 5.74) is 6.04. The molecule has 1 heterocycles. The highest BCUT2D eigenvalue weighted by atomic mass is 35.6. The molecule has 1 amide bonds. The molecule has 0 saturated carbocycles. The van der Waals surface area contributed by atoms with Gasteiger partial charge in [0.2, 0.25) is 27.8 Å². The number of carbonyl (C=O) groups excluding carboxylic acids is 1. The summed E-state index contributed by atoms with van der Waals surface area (Å²) in [7, 11) is 0. The van der Waals surface area contributed by atoms with Gasteiger partial charge >= 0.3 is 0 Å². The Kier molecular flexibility index (Phi) is 4.84. The monoisotopic (exact) mass is 312 g/mol. The Hall–Kier alpha value is -0.980. The lowest BCUT2D eigenvalue weighted by molar-refractivity contribution is -0.121. The van der Waals surface area contributed by atoms with Crippen LogP contribution in [0.25, 0.3) is 0 Å². The Balaban J connectivity index is 2.92.